The SMILES string of the molecule is CC(Br)C[N+](=O)[O-]. The highest BCUT2D eigenvalue weighted by Crippen LogP contribution is 1.94. The molecule has 1 atom stereocenters. The van der Waals surface area contributed by atoms with Gasteiger partial charge in [-0.1, -0.05) is 15.9 Å². The van der Waals surface area contributed by atoms with E-state index in [1.165, 1.54) is 0 Å². The number of alkyl halides is 1. The molecular formula is C3H6BrNO2. The highest BCUT2D eigenvalue weighted by molar-refractivity contribution is 9.09. The third kappa shape index (κ3) is 5.88. The van der Waals surface area contributed by atoms with Crippen molar-refractivity contribution in [3.05, 3.63) is 10.1 Å². The maximum atomic E-state index is 9.59. The van der Waals surface area contributed by atoms with Gasteiger partial charge in [-0.25, -0.2) is 0 Å². The maximum Gasteiger partial charge on any atom is 0.215 e. The number of hydrogen-bond donors (Lipinski definition) is 0. The van der Waals surface area contributed by atoms with Gasteiger partial charge in [0, 0.05) is 4.92 Å². The van der Waals surface area contributed by atoms with Crippen LogP contribution in [0.5, 0.6) is 0 Å². The van der Waals surface area contributed by atoms with Gasteiger partial charge in [0.15, 0.2) is 0 Å². The van der Waals surface area contributed by atoms with Crippen LogP contribution in [0.3, 0.4) is 0 Å². The lowest BCUT2D eigenvalue weighted by molar-refractivity contribution is -0.478. The zero-order valence-electron chi connectivity index (χ0n) is 3.93. The summed E-state index contributed by atoms with van der Waals surface area (Å²) in [5.74, 6) is 0. The first-order chi connectivity index (χ1) is 3.13. The Kier molecular flexibility index (Phi) is 2.91. The molecule has 4 heteroatoms. The van der Waals surface area contributed by atoms with Crippen molar-refractivity contribution in [1.29, 1.82) is 0 Å². The van der Waals surface area contributed by atoms with Crippen molar-refractivity contribution in [2.75, 3.05) is 6.54 Å². The molecule has 0 radical (unpaired) electrons. The van der Waals surface area contributed by atoms with Crippen LogP contribution in [0.15, 0.2) is 0 Å². The first-order valence-corrected chi connectivity index (χ1v) is 2.80. The van der Waals surface area contributed by atoms with Gasteiger partial charge in [0.1, 0.15) is 0 Å². The van der Waals surface area contributed by atoms with Crippen molar-refractivity contribution in [3.63, 3.8) is 0 Å². The number of hydrogen-bond acceptors (Lipinski definition) is 2. The molecule has 0 aromatic rings. The average molecular weight is 168 g/mol. The smallest absolute Gasteiger partial charge is 0.215 e. The normalized spacial score (nSPS) is 13.4. The Hall–Kier alpha value is -0.120. The minimum atomic E-state index is -0.348. The number of halogens is 1. The molecule has 0 saturated heterocycles. The molecule has 42 valence electrons. The Bertz CT molecular complexity index is 73.3. The summed E-state index contributed by atoms with van der Waals surface area (Å²) in [7, 11) is 0. The lowest BCUT2D eigenvalue weighted by atomic mass is 10.5. The Balaban J connectivity index is 3.13. The summed E-state index contributed by atoms with van der Waals surface area (Å²) in [6, 6.07) is 0. The number of nitro groups is 1. The van der Waals surface area contributed by atoms with Gasteiger partial charge in [0.25, 0.3) is 0 Å². The predicted octanol–water partition coefficient (Wildman–Crippen LogP) is 1.05. The van der Waals surface area contributed by atoms with Crippen LogP contribution in [-0.4, -0.2) is 16.3 Å². The topological polar surface area (TPSA) is 43.1 Å². The van der Waals surface area contributed by atoms with Crippen LogP contribution in [0.2, 0.25) is 0 Å². The molecule has 1 unspecified atom stereocenters. The minimum absolute atomic E-state index is 0. The highest BCUT2D eigenvalue weighted by atomic mass is 79.9. The summed E-state index contributed by atoms with van der Waals surface area (Å²) in [4.78, 5) is 9.23. The second-order valence-electron chi connectivity index (χ2n) is 1.30. The molecule has 0 aliphatic rings. The van der Waals surface area contributed by atoms with Gasteiger partial charge in [0.05, 0.1) is 4.83 Å². The largest absolute Gasteiger partial charge is 0.265 e. The first kappa shape index (κ1) is 6.88. The van der Waals surface area contributed by atoms with Gasteiger partial charge in [-0.05, 0) is 6.92 Å². The molecule has 0 aliphatic heterocycles. The second-order valence-corrected chi connectivity index (χ2v) is 2.86. The molecule has 0 rings (SSSR count). The first-order valence-electron chi connectivity index (χ1n) is 1.89. The summed E-state index contributed by atoms with van der Waals surface area (Å²) in [6.07, 6.45) is 0. The molecular weight excluding hydrogens is 162 g/mol. The van der Waals surface area contributed by atoms with Gasteiger partial charge >= 0.3 is 0 Å². The van der Waals surface area contributed by atoms with E-state index in [0.717, 1.165) is 0 Å². The monoisotopic (exact) mass is 167 g/mol. The summed E-state index contributed by atoms with van der Waals surface area (Å²) in [6.45, 7) is 1.74. The molecule has 0 heterocycles. The van der Waals surface area contributed by atoms with Crippen LogP contribution in [0, 0.1) is 10.1 Å². The molecule has 0 aromatic carbocycles. The lowest BCUT2D eigenvalue weighted by Gasteiger charge is -1.90. The van der Waals surface area contributed by atoms with E-state index in [0.29, 0.717) is 0 Å². The van der Waals surface area contributed by atoms with Crippen LogP contribution in [0.1, 0.15) is 6.92 Å². The van der Waals surface area contributed by atoms with Gasteiger partial charge in [-0.2, -0.15) is 0 Å². The van der Waals surface area contributed by atoms with Crippen LogP contribution < -0.4 is 0 Å². The molecule has 0 spiro atoms. The molecule has 7 heavy (non-hydrogen) atoms. The molecule has 0 saturated carbocycles. The van der Waals surface area contributed by atoms with E-state index in [2.05, 4.69) is 15.9 Å². The summed E-state index contributed by atoms with van der Waals surface area (Å²) < 4.78 is 0. The highest BCUT2D eigenvalue weighted by Gasteiger charge is 2.01. The Labute approximate surface area is 50.0 Å². The van der Waals surface area contributed by atoms with Crippen LogP contribution in [0.4, 0.5) is 0 Å². The van der Waals surface area contributed by atoms with Crippen molar-refractivity contribution < 1.29 is 4.92 Å². The average Bonchev–Trinajstić information content (AvgIpc) is 1.27. The van der Waals surface area contributed by atoms with Gasteiger partial charge in [-0.3, -0.25) is 10.1 Å². The number of nitrogens with zero attached hydrogens (tertiary/aromatic N) is 1. The van der Waals surface area contributed by atoms with Gasteiger partial charge in [0.2, 0.25) is 6.54 Å². The zero-order chi connectivity index (χ0) is 5.86. The second kappa shape index (κ2) is 2.96. The van der Waals surface area contributed by atoms with E-state index in [1.54, 1.807) is 6.92 Å². The van der Waals surface area contributed by atoms with E-state index in [-0.39, 0.29) is 16.3 Å². The molecule has 0 bridgehead atoms. The third-order valence-corrected chi connectivity index (χ3v) is 0.690. The van der Waals surface area contributed by atoms with Gasteiger partial charge < -0.3 is 0 Å². The lowest BCUT2D eigenvalue weighted by Crippen LogP contribution is -2.08. The fourth-order valence-corrected chi connectivity index (χ4v) is 0.442. The third-order valence-electron chi connectivity index (χ3n) is 0.401. The predicted molar refractivity (Wildman–Crippen MR) is 30.3 cm³/mol. The molecule has 0 aliphatic carbocycles. The quantitative estimate of drug-likeness (QED) is 0.351. The fraction of sp³-hybridized carbons (Fsp3) is 1.00. The summed E-state index contributed by atoms with van der Waals surface area (Å²) in [5.41, 5.74) is 0. The van der Waals surface area contributed by atoms with Crippen LogP contribution in [0.25, 0.3) is 0 Å². The molecule has 0 N–H and O–H groups in total. The molecule has 3 nitrogen and oxygen atoms in total. The van der Waals surface area contributed by atoms with E-state index in [9.17, 15) is 10.1 Å². The summed E-state index contributed by atoms with van der Waals surface area (Å²) >= 11 is 3.03. The maximum absolute atomic E-state index is 9.59. The zero-order valence-corrected chi connectivity index (χ0v) is 5.51. The van der Waals surface area contributed by atoms with Crippen molar-refractivity contribution in [3.8, 4) is 0 Å². The van der Waals surface area contributed by atoms with Crippen LogP contribution >= 0.6 is 15.9 Å². The van der Waals surface area contributed by atoms with E-state index < -0.39 is 0 Å². The Morgan fingerprint density at radius 1 is 2.00 bits per heavy atom. The molecule has 0 amide bonds. The van der Waals surface area contributed by atoms with Crippen LogP contribution in [-0.2, 0) is 0 Å². The van der Waals surface area contributed by atoms with Crippen molar-refractivity contribution >= 4 is 15.9 Å². The fourth-order valence-electron chi connectivity index (χ4n) is 0.205. The van der Waals surface area contributed by atoms with E-state index in [1.807, 2.05) is 0 Å². The summed E-state index contributed by atoms with van der Waals surface area (Å²) in [5, 5.41) is 9.59. The van der Waals surface area contributed by atoms with Crippen molar-refractivity contribution in [2.45, 2.75) is 11.8 Å². The van der Waals surface area contributed by atoms with Gasteiger partial charge in [-0.15, -0.1) is 0 Å². The van der Waals surface area contributed by atoms with E-state index in [4.69, 9.17) is 0 Å². The minimum Gasteiger partial charge on any atom is -0.265 e. The Morgan fingerprint density at radius 3 is 2.43 bits per heavy atom. The standard InChI is InChI=1S/C3H6BrNO2/c1-3(4)2-5(6)7/h3H,2H2,1H3. The van der Waals surface area contributed by atoms with Crippen molar-refractivity contribution in [1.82, 2.24) is 0 Å². The molecule has 0 fully saturated rings. The Morgan fingerprint density at radius 2 is 2.43 bits per heavy atom. The van der Waals surface area contributed by atoms with E-state index >= 15 is 0 Å². The number of rotatable bonds is 2. The molecule has 0 aromatic heterocycles. The van der Waals surface area contributed by atoms with Crippen molar-refractivity contribution in [2.24, 2.45) is 0 Å².